The van der Waals surface area contributed by atoms with Gasteiger partial charge in [0.15, 0.2) is 0 Å². The van der Waals surface area contributed by atoms with E-state index < -0.39 is 0 Å². The molecule has 1 aromatic carbocycles. The predicted octanol–water partition coefficient (Wildman–Crippen LogP) is 3.10. The van der Waals surface area contributed by atoms with Crippen LogP contribution in [0.3, 0.4) is 0 Å². The quantitative estimate of drug-likeness (QED) is 0.851. The first-order valence-electron chi connectivity index (χ1n) is 8.07. The molecule has 0 unspecified atom stereocenters. The molecule has 1 aromatic heterocycles. The fourth-order valence-corrected chi connectivity index (χ4v) is 3.08. The van der Waals surface area contributed by atoms with Crippen molar-refractivity contribution in [2.75, 3.05) is 31.1 Å². The summed E-state index contributed by atoms with van der Waals surface area (Å²) in [6.45, 7) is 13.2. The molecule has 0 atom stereocenters. The molecule has 4 heteroatoms. The standard InChI is InChI=1S/C18H26N4/c1-15-14-17(22(19-15)16-8-6-5-7-9-16)20-10-12-21(13-11-20)18(2,3)4/h5-9,14H,10-13H2,1-4H3. The minimum Gasteiger partial charge on any atom is -0.354 e. The molecule has 0 radical (unpaired) electrons. The van der Waals surface area contributed by atoms with Crippen molar-refractivity contribution in [1.82, 2.24) is 14.7 Å². The van der Waals surface area contributed by atoms with Gasteiger partial charge in [0, 0.05) is 37.8 Å². The van der Waals surface area contributed by atoms with Crippen LogP contribution < -0.4 is 4.90 Å². The van der Waals surface area contributed by atoms with Crippen LogP contribution in [0.4, 0.5) is 5.82 Å². The zero-order valence-electron chi connectivity index (χ0n) is 14.1. The Morgan fingerprint density at radius 2 is 1.59 bits per heavy atom. The molecule has 1 aliphatic heterocycles. The van der Waals surface area contributed by atoms with Crippen LogP contribution >= 0.6 is 0 Å². The first-order chi connectivity index (χ1) is 10.4. The van der Waals surface area contributed by atoms with E-state index in [1.165, 1.54) is 5.82 Å². The smallest absolute Gasteiger partial charge is 0.132 e. The van der Waals surface area contributed by atoms with Crippen molar-refractivity contribution in [3.05, 3.63) is 42.1 Å². The summed E-state index contributed by atoms with van der Waals surface area (Å²) >= 11 is 0. The van der Waals surface area contributed by atoms with Crippen LogP contribution in [0.15, 0.2) is 36.4 Å². The lowest BCUT2D eigenvalue weighted by molar-refractivity contribution is 0.128. The summed E-state index contributed by atoms with van der Waals surface area (Å²) in [4.78, 5) is 5.01. The number of hydrogen-bond donors (Lipinski definition) is 0. The van der Waals surface area contributed by atoms with Crippen molar-refractivity contribution in [2.24, 2.45) is 0 Å². The molecule has 118 valence electrons. The largest absolute Gasteiger partial charge is 0.354 e. The Bertz CT molecular complexity index is 616. The first kappa shape index (κ1) is 15.1. The number of nitrogens with zero attached hydrogens (tertiary/aromatic N) is 4. The number of anilines is 1. The van der Waals surface area contributed by atoms with E-state index in [9.17, 15) is 0 Å². The third-order valence-corrected chi connectivity index (χ3v) is 4.37. The molecule has 1 saturated heterocycles. The molecule has 4 nitrogen and oxygen atoms in total. The van der Waals surface area contributed by atoms with Crippen molar-refractivity contribution in [1.29, 1.82) is 0 Å². The highest BCUT2D eigenvalue weighted by atomic mass is 15.4. The van der Waals surface area contributed by atoms with Crippen LogP contribution in [0.25, 0.3) is 5.69 Å². The minimum atomic E-state index is 0.252. The maximum Gasteiger partial charge on any atom is 0.132 e. The van der Waals surface area contributed by atoms with Crippen LogP contribution in [0, 0.1) is 6.92 Å². The summed E-state index contributed by atoms with van der Waals surface area (Å²) in [6.07, 6.45) is 0. The molecular weight excluding hydrogens is 272 g/mol. The average molecular weight is 298 g/mol. The first-order valence-corrected chi connectivity index (χ1v) is 8.07. The highest BCUT2D eigenvalue weighted by molar-refractivity contribution is 5.48. The lowest BCUT2D eigenvalue weighted by atomic mass is 10.1. The molecule has 2 heterocycles. The van der Waals surface area contributed by atoms with Crippen LogP contribution in [-0.4, -0.2) is 46.4 Å². The van der Waals surface area contributed by atoms with E-state index in [4.69, 9.17) is 0 Å². The summed E-state index contributed by atoms with van der Waals surface area (Å²) in [5.41, 5.74) is 2.45. The number of aromatic nitrogens is 2. The number of benzene rings is 1. The molecule has 22 heavy (non-hydrogen) atoms. The summed E-state index contributed by atoms with van der Waals surface area (Å²) in [5.74, 6) is 1.21. The zero-order valence-corrected chi connectivity index (χ0v) is 14.1. The Balaban J connectivity index is 1.82. The van der Waals surface area contributed by atoms with E-state index in [-0.39, 0.29) is 5.54 Å². The molecule has 0 aliphatic carbocycles. The van der Waals surface area contributed by atoms with E-state index in [2.05, 4.69) is 77.6 Å². The van der Waals surface area contributed by atoms with Gasteiger partial charge in [-0.2, -0.15) is 5.10 Å². The van der Waals surface area contributed by atoms with Crippen molar-refractivity contribution < 1.29 is 0 Å². The summed E-state index contributed by atoms with van der Waals surface area (Å²) in [6, 6.07) is 12.6. The van der Waals surface area contributed by atoms with Gasteiger partial charge in [-0.3, -0.25) is 4.90 Å². The van der Waals surface area contributed by atoms with Crippen LogP contribution in [0.1, 0.15) is 26.5 Å². The molecule has 1 fully saturated rings. The van der Waals surface area contributed by atoms with Gasteiger partial charge in [0.2, 0.25) is 0 Å². The number of hydrogen-bond acceptors (Lipinski definition) is 3. The van der Waals surface area contributed by atoms with Crippen molar-refractivity contribution in [3.8, 4) is 5.69 Å². The molecule has 0 saturated carbocycles. The summed E-state index contributed by atoms with van der Waals surface area (Å²) in [7, 11) is 0. The molecule has 0 amide bonds. The molecule has 0 bridgehead atoms. The zero-order chi connectivity index (χ0) is 15.7. The SMILES string of the molecule is Cc1cc(N2CCN(C(C)(C)C)CC2)n(-c2ccccc2)n1. The van der Waals surface area contributed by atoms with E-state index >= 15 is 0 Å². The van der Waals surface area contributed by atoms with E-state index in [0.717, 1.165) is 37.6 Å². The van der Waals surface area contributed by atoms with E-state index in [0.29, 0.717) is 0 Å². The van der Waals surface area contributed by atoms with Gasteiger partial charge in [-0.05, 0) is 39.8 Å². The summed E-state index contributed by atoms with van der Waals surface area (Å²) in [5, 5.41) is 4.69. The minimum absolute atomic E-state index is 0.252. The monoisotopic (exact) mass is 298 g/mol. The van der Waals surface area contributed by atoms with Gasteiger partial charge < -0.3 is 4.90 Å². The maximum absolute atomic E-state index is 4.69. The van der Waals surface area contributed by atoms with Gasteiger partial charge in [-0.15, -0.1) is 0 Å². The van der Waals surface area contributed by atoms with Crippen LogP contribution in [-0.2, 0) is 0 Å². The van der Waals surface area contributed by atoms with Gasteiger partial charge >= 0.3 is 0 Å². The number of aryl methyl sites for hydroxylation is 1. The van der Waals surface area contributed by atoms with Gasteiger partial charge in [-0.1, -0.05) is 18.2 Å². The molecule has 1 aliphatic rings. The number of para-hydroxylation sites is 1. The van der Waals surface area contributed by atoms with Crippen LogP contribution in [0.5, 0.6) is 0 Å². The van der Waals surface area contributed by atoms with Gasteiger partial charge in [0.05, 0.1) is 11.4 Å². The Kier molecular flexibility index (Phi) is 3.96. The Hall–Kier alpha value is -1.81. The second-order valence-electron chi connectivity index (χ2n) is 7.04. The molecule has 3 rings (SSSR count). The predicted molar refractivity (Wildman–Crippen MR) is 91.8 cm³/mol. The number of piperazine rings is 1. The van der Waals surface area contributed by atoms with Crippen molar-refractivity contribution >= 4 is 5.82 Å². The highest BCUT2D eigenvalue weighted by Gasteiger charge is 2.27. The molecular formula is C18H26N4. The Morgan fingerprint density at radius 3 is 2.18 bits per heavy atom. The lowest BCUT2D eigenvalue weighted by Gasteiger charge is -2.42. The normalized spacial score (nSPS) is 17.0. The molecule has 2 aromatic rings. The second kappa shape index (κ2) is 5.76. The second-order valence-corrected chi connectivity index (χ2v) is 7.04. The van der Waals surface area contributed by atoms with Gasteiger partial charge in [-0.25, -0.2) is 4.68 Å². The van der Waals surface area contributed by atoms with Crippen molar-refractivity contribution in [3.63, 3.8) is 0 Å². The lowest BCUT2D eigenvalue weighted by Crippen LogP contribution is -2.53. The van der Waals surface area contributed by atoms with Gasteiger partial charge in [0.1, 0.15) is 5.82 Å². The fourth-order valence-electron chi connectivity index (χ4n) is 3.08. The number of rotatable bonds is 2. The molecule has 0 spiro atoms. The Morgan fingerprint density at radius 1 is 0.955 bits per heavy atom. The molecule has 0 N–H and O–H groups in total. The summed E-state index contributed by atoms with van der Waals surface area (Å²) < 4.78 is 2.07. The fraction of sp³-hybridized carbons (Fsp3) is 0.500. The van der Waals surface area contributed by atoms with E-state index in [1.807, 2.05) is 6.07 Å². The third-order valence-electron chi connectivity index (χ3n) is 4.37. The Labute approximate surface area is 133 Å². The highest BCUT2D eigenvalue weighted by Crippen LogP contribution is 2.24. The van der Waals surface area contributed by atoms with Crippen LogP contribution in [0.2, 0.25) is 0 Å². The van der Waals surface area contributed by atoms with Gasteiger partial charge in [0.25, 0.3) is 0 Å². The topological polar surface area (TPSA) is 24.3 Å². The average Bonchev–Trinajstić information content (AvgIpc) is 2.89. The third kappa shape index (κ3) is 3.02. The van der Waals surface area contributed by atoms with Crippen molar-refractivity contribution in [2.45, 2.75) is 33.2 Å². The van der Waals surface area contributed by atoms with E-state index in [1.54, 1.807) is 0 Å². The maximum atomic E-state index is 4.69.